The minimum absolute atomic E-state index is 0.00601. The first-order valence-electron chi connectivity index (χ1n) is 16.5. The van der Waals surface area contributed by atoms with Crippen LogP contribution in [0.25, 0.3) is 33.9 Å². The summed E-state index contributed by atoms with van der Waals surface area (Å²) in [5, 5.41) is 60.8. The number of hydrogen-bond donors (Lipinski definition) is 6. The van der Waals surface area contributed by atoms with Crippen molar-refractivity contribution in [3.63, 3.8) is 0 Å². The number of aliphatic hydroxyl groups is 1. The van der Waals surface area contributed by atoms with Crippen LogP contribution in [0.15, 0.2) is 106 Å². The second-order valence-electron chi connectivity index (χ2n) is 12.4. The molecule has 6 N–H and O–H groups in total. The topological polar surface area (TPSA) is 223 Å². The van der Waals surface area contributed by atoms with Gasteiger partial charge in [0.2, 0.25) is 23.6 Å². The lowest BCUT2D eigenvalue weighted by Crippen LogP contribution is -2.61. The van der Waals surface area contributed by atoms with E-state index in [9.17, 15) is 45.0 Å². The van der Waals surface area contributed by atoms with Crippen molar-refractivity contribution >= 4 is 34.6 Å². The van der Waals surface area contributed by atoms with Gasteiger partial charge in [-0.05, 0) is 85.2 Å². The standard InChI is InChI=1S/C40H34O14/c1-20(23-6-12-26(42)13-7-23)17-32(47)53-37-34(48)21(2)50-40(39(37)52-31(46)16-5-22-3-10-25(41)11-4-22)54-38-35(49)33-29(45)18-28(44)19-30(33)51-36(38)24-8-14-27(43)15-9-24/h3-19,21,34,37,39-45,48H,1-2H3. The Morgan fingerprint density at radius 2 is 1.35 bits per heavy atom. The van der Waals surface area contributed by atoms with Crippen LogP contribution in [-0.2, 0) is 23.8 Å². The number of carbonyl (C=O) groups is 2. The Hall–Kier alpha value is -6.77. The molecular formula is C40H34O14. The first-order chi connectivity index (χ1) is 25.8. The van der Waals surface area contributed by atoms with Gasteiger partial charge in [0.1, 0.15) is 45.8 Å². The van der Waals surface area contributed by atoms with Gasteiger partial charge in [-0.1, -0.05) is 24.3 Å². The van der Waals surface area contributed by atoms with Crippen LogP contribution in [0.4, 0.5) is 0 Å². The Balaban J connectivity index is 1.41. The van der Waals surface area contributed by atoms with Crippen LogP contribution in [-0.4, -0.2) is 73.3 Å². The monoisotopic (exact) mass is 738 g/mol. The Morgan fingerprint density at radius 1 is 0.759 bits per heavy atom. The van der Waals surface area contributed by atoms with E-state index in [2.05, 4.69) is 0 Å². The molecule has 6 rings (SSSR count). The Kier molecular flexibility index (Phi) is 10.6. The summed E-state index contributed by atoms with van der Waals surface area (Å²) in [6, 6.07) is 19.4. The highest BCUT2D eigenvalue weighted by Gasteiger charge is 2.50. The van der Waals surface area contributed by atoms with Gasteiger partial charge in [0.15, 0.2) is 11.9 Å². The Morgan fingerprint density at radius 3 is 2.00 bits per heavy atom. The summed E-state index contributed by atoms with van der Waals surface area (Å²) in [5.74, 6) is -3.87. The molecule has 0 radical (unpaired) electrons. The fourth-order valence-electron chi connectivity index (χ4n) is 5.71. The maximum atomic E-state index is 14.1. The van der Waals surface area contributed by atoms with Crippen LogP contribution in [0.3, 0.4) is 0 Å². The van der Waals surface area contributed by atoms with Gasteiger partial charge >= 0.3 is 11.9 Å². The number of ether oxygens (including phenoxy) is 4. The number of hydrogen-bond acceptors (Lipinski definition) is 14. The SMILES string of the molecule is CC(=CC(=O)OC1C(O)C(C)OC(Oc2c(-c3ccc(O)cc3)oc3cc(O)cc(O)c3c2=O)C1OC(=O)C=Cc1ccc(O)cc1)c1ccc(O)cc1. The molecular weight excluding hydrogens is 704 g/mol. The molecule has 278 valence electrons. The highest BCUT2D eigenvalue weighted by molar-refractivity contribution is 5.91. The third kappa shape index (κ3) is 8.14. The molecule has 4 aromatic carbocycles. The summed E-state index contributed by atoms with van der Waals surface area (Å²) in [6.45, 7) is 3.05. The highest BCUT2D eigenvalue weighted by Crippen LogP contribution is 2.38. The number of esters is 2. The quantitative estimate of drug-likeness (QED) is 0.0854. The van der Waals surface area contributed by atoms with Gasteiger partial charge in [0, 0.05) is 29.8 Å². The minimum atomic E-state index is -1.76. The first-order valence-corrected chi connectivity index (χ1v) is 16.5. The molecule has 1 saturated heterocycles. The molecule has 1 aromatic heterocycles. The molecule has 1 fully saturated rings. The number of rotatable bonds is 9. The van der Waals surface area contributed by atoms with E-state index in [4.69, 9.17) is 23.4 Å². The summed E-state index contributed by atoms with van der Waals surface area (Å²) in [6.07, 6.45) is -4.32. The largest absolute Gasteiger partial charge is 0.508 e. The number of aliphatic hydroxyl groups excluding tert-OH is 1. The number of fused-ring (bicyclic) bond motifs is 1. The molecule has 1 aliphatic heterocycles. The van der Waals surface area contributed by atoms with E-state index in [-0.39, 0.29) is 39.5 Å². The smallest absolute Gasteiger partial charge is 0.331 e. The maximum Gasteiger partial charge on any atom is 0.331 e. The second kappa shape index (κ2) is 15.5. The van der Waals surface area contributed by atoms with Gasteiger partial charge in [0.25, 0.3) is 0 Å². The zero-order valence-corrected chi connectivity index (χ0v) is 28.7. The molecule has 54 heavy (non-hydrogen) atoms. The number of allylic oxidation sites excluding steroid dienone is 1. The highest BCUT2D eigenvalue weighted by atomic mass is 16.7. The number of carbonyl (C=O) groups excluding carboxylic acids is 2. The van der Waals surface area contributed by atoms with Crippen LogP contribution in [0, 0.1) is 0 Å². The predicted molar refractivity (Wildman–Crippen MR) is 193 cm³/mol. The number of phenols is 5. The molecule has 2 heterocycles. The summed E-state index contributed by atoms with van der Waals surface area (Å²) >= 11 is 0. The molecule has 0 amide bonds. The van der Waals surface area contributed by atoms with Crippen molar-refractivity contribution < 1.29 is 63.6 Å². The first kappa shape index (κ1) is 37.0. The van der Waals surface area contributed by atoms with Crippen molar-refractivity contribution in [3.8, 4) is 45.8 Å². The lowest BCUT2D eigenvalue weighted by Gasteiger charge is -2.42. The fourth-order valence-corrected chi connectivity index (χ4v) is 5.71. The molecule has 5 aromatic rings. The van der Waals surface area contributed by atoms with Crippen LogP contribution in [0.5, 0.6) is 34.5 Å². The van der Waals surface area contributed by atoms with Gasteiger partial charge < -0.3 is 54.0 Å². The summed E-state index contributed by atoms with van der Waals surface area (Å²) in [7, 11) is 0. The minimum Gasteiger partial charge on any atom is -0.508 e. The maximum absolute atomic E-state index is 14.1. The summed E-state index contributed by atoms with van der Waals surface area (Å²) in [5.41, 5.74) is 0.587. The lowest BCUT2D eigenvalue weighted by molar-refractivity contribution is -0.276. The molecule has 1 aliphatic rings. The van der Waals surface area contributed by atoms with Gasteiger partial charge in [-0.25, -0.2) is 9.59 Å². The summed E-state index contributed by atoms with van der Waals surface area (Å²) < 4.78 is 29.5. The zero-order valence-electron chi connectivity index (χ0n) is 28.7. The molecule has 0 saturated carbocycles. The van der Waals surface area contributed by atoms with Crippen molar-refractivity contribution in [2.24, 2.45) is 0 Å². The molecule has 0 spiro atoms. The fraction of sp³-hybridized carbons (Fsp3) is 0.175. The number of benzene rings is 4. The third-order valence-electron chi connectivity index (χ3n) is 8.51. The number of aromatic hydroxyl groups is 5. The average molecular weight is 739 g/mol. The Bertz CT molecular complexity index is 2290. The Labute approximate surface area is 306 Å². The average Bonchev–Trinajstić information content (AvgIpc) is 3.13. The van der Waals surface area contributed by atoms with E-state index in [1.54, 1.807) is 19.1 Å². The van der Waals surface area contributed by atoms with E-state index in [1.807, 2.05) is 0 Å². The normalized spacial score (nSPS) is 20.1. The predicted octanol–water partition coefficient (Wildman–Crippen LogP) is 5.11. The van der Waals surface area contributed by atoms with Gasteiger partial charge in [-0.3, -0.25) is 4.79 Å². The lowest BCUT2D eigenvalue weighted by atomic mass is 9.99. The zero-order chi connectivity index (χ0) is 38.7. The van der Waals surface area contributed by atoms with Crippen LogP contribution < -0.4 is 10.2 Å². The van der Waals surface area contributed by atoms with Crippen molar-refractivity contribution in [3.05, 3.63) is 118 Å². The molecule has 14 nitrogen and oxygen atoms in total. The van der Waals surface area contributed by atoms with Gasteiger partial charge in [-0.2, -0.15) is 0 Å². The van der Waals surface area contributed by atoms with E-state index in [0.717, 1.165) is 24.3 Å². The van der Waals surface area contributed by atoms with Crippen molar-refractivity contribution in [1.82, 2.24) is 0 Å². The molecule has 0 aliphatic carbocycles. The van der Waals surface area contributed by atoms with Crippen molar-refractivity contribution in [2.45, 2.75) is 44.6 Å². The summed E-state index contributed by atoms with van der Waals surface area (Å²) in [4.78, 5) is 40.7. The van der Waals surface area contributed by atoms with E-state index in [1.165, 1.54) is 73.7 Å². The van der Waals surface area contributed by atoms with Gasteiger partial charge in [-0.15, -0.1) is 0 Å². The number of phenolic OH excluding ortho intramolecular Hbond substituents is 5. The van der Waals surface area contributed by atoms with Crippen molar-refractivity contribution in [1.29, 1.82) is 0 Å². The van der Waals surface area contributed by atoms with Crippen LogP contribution >= 0.6 is 0 Å². The third-order valence-corrected chi connectivity index (χ3v) is 8.51. The van der Waals surface area contributed by atoms with E-state index in [0.29, 0.717) is 16.7 Å². The van der Waals surface area contributed by atoms with Crippen LogP contribution in [0.2, 0.25) is 0 Å². The second-order valence-corrected chi connectivity index (χ2v) is 12.4. The van der Waals surface area contributed by atoms with Gasteiger partial charge in [0.05, 0.1) is 6.10 Å². The molecule has 14 heteroatoms. The molecule has 5 atom stereocenters. The van der Waals surface area contributed by atoms with Crippen molar-refractivity contribution in [2.75, 3.05) is 0 Å². The van der Waals surface area contributed by atoms with E-state index < -0.39 is 65.3 Å². The van der Waals surface area contributed by atoms with Crippen LogP contribution in [0.1, 0.15) is 25.0 Å². The molecule has 0 bridgehead atoms. The molecule has 5 unspecified atom stereocenters. The van der Waals surface area contributed by atoms with E-state index >= 15 is 0 Å².